The van der Waals surface area contributed by atoms with Gasteiger partial charge in [-0.15, -0.1) is 0 Å². The van der Waals surface area contributed by atoms with Crippen LogP contribution in [0.4, 0.5) is 0 Å². The van der Waals surface area contributed by atoms with Gasteiger partial charge in [0.2, 0.25) is 0 Å². The summed E-state index contributed by atoms with van der Waals surface area (Å²) in [6.45, 7) is 3.93. The first-order valence-electron chi connectivity index (χ1n) is 22.7. The van der Waals surface area contributed by atoms with Crippen molar-refractivity contribution in [1.29, 1.82) is 0 Å². The number of hydrogen-bond acceptors (Lipinski definition) is 7. The number of rotatable bonds is 43. The van der Waals surface area contributed by atoms with Crippen molar-refractivity contribution in [3.63, 3.8) is 0 Å². The van der Waals surface area contributed by atoms with Crippen LogP contribution in [0.5, 0.6) is 0 Å². The smallest absolute Gasteiger partial charge is 0.462 e. The van der Waals surface area contributed by atoms with E-state index in [1.54, 1.807) is 0 Å². The Bertz CT molecular complexity index is 838. The van der Waals surface area contributed by atoms with Crippen LogP contribution in [-0.2, 0) is 32.7 Å². The first kappa shape index (κ1) is 52.0. The summed E-state index contributed by atoms with van der Waals surface area (Å²) in [6.07, 6.45) is 43.0. The second kappa shape index (κ2) is 40.7. The number of hydrogen-bond donors (Lipinski definition) is 1. The van der Waals surface area contributed by atoms with E-state index in [0.717, 1.165) is 45.6 Å². The zero-order chi connectivity index (χ0) is 38.9. The highest BCUT2D eigenvalue weighted by molar-refractivity contribution is 7.47. The minimum absolute atomic E-state index is 0.216. The number of unbranched alkanes of at least 4 members (excludes halogenated alkanes) is 32. The number of carbonyl (C=O) groups is 2. The van der Waals surface area contributed by atoms with Gasteiger partial charge in [0.25, 0.3) is 0 Å². The van der Waals surface area contributed by atoms with Gasteiger partial charge in [0.1, 0.15) is 6.61 Å². The predicted octanol–water partition coefficient (Wildman–Crippen LogP) is 14.3. The summed E-state index contributed by atoms with van der Waals surface area (Å²) in [7, 11) is -3.19. The highest BCUT2D eigenvalue weighted by Crippen LogP contribution is 2.42. The van der Waals surface area contributed by atoms with E-state index in [-0.39, 0.29) is 19.0 Å². The average molecular weight is 775 g/mol. The molecule has 8 nitrogen and oxygen atoms in total. The van der Waals surface area contributed by atoms with Crippen LogP contribution >= 0.6 is 7.82 Å². The molecule has 0 saturated carbocycles. The SMILES string of the molecule is CCCCCCCCCCCCCCCCCCCCCCC(=O)OC(COC(=O)CCCCCCCCCCCCCCCC)COP(=O)(O)OC. The summed E-state index contributed by atoms with van der Waals surface area (Å²) in [4.78, 5) is 34.5. The van der Waals surface area contributed by atoms with Crippen molar-refractivity contribution < 1.29 is 37.6 Å². The highest BCUT2D eigenvalue weighted by atomic mass is 31.2. The zero-order valence-electron chi connectivity index (χ0n) is 35.2. The van der Waals surface area contributed by atoms with Crippen LogP contribution in [0.25, 0.3) is 0 Å². The standard InChI is InChI=1S/C44H87O8P/c1-4-6-8-10-12-14-16-18-20-21-22-23-24-25-27-29-31-33-35-37-39-44(46)52-42(41-51-53(47,48)49-3)40-50-43(45)38-36-34-32-30-28-26-19-17-15-13-11-9-7-5-2/h42H,4-41H2,1-3H3,(H,47,48). The minimum atomic E-state index is -4.25. The lowest BCUT2D eigenvalue weighted by Crippen LogP contribution is -2.29. The van der Waals surface area contributed by atoms with Crippen molar-refractivity contribution in [2.75, 3.05) is 20.3 Å². The predicted molar refractivity (Wildman–Crippen MR) is 221 cm³/mol. The Hall–Kier alpha value is -0.950. The molecule has 0 heterocycles. The van der Waals surface area contributed by atoms with Gasteiger partial charge in [0, 0.05) is 20.0 Å². The molecule has 2 unspecified atom stereocenters. The Balaban J connectivity index is 3.89. The summed E-state index contributed by atoms with van der Waals surface area (Å²) >= 11 is 0. The molecule has 0 aromatic heterocycles. The number of esters is 2. The molecule has 0 amide bonds. The molecule has 0 saturated heterocycles. The quantitative estimate of drug-likeness (QED) is 0.0370. The lowest BCUT2D eigenvalue weighted by molar-refractivity contribution is -0.161. The fourth-order valence-corrected chi connectivity index (χ4v) is 7.30. The lowest BCUT2D eigenvalue weighted by Gasteiger charge is -2.19. The lowest BCUT2D eigenvalue weighted by atomic mass is 10.0. The molecule has 0 fully saturated rings. The number of carbonyl (C=O) groups excluding carboxylic acids is 2. The van der Waals surface area contributed by atoms with Gasteiger partial charge in [-0.3, -0.25) is 18.6 Å². The van der Waals surface area contributed by atoms with E-state index < -0.39 is 26.5 Å². The molecule has 0 spiro atoms. The third-order valence-electron chi connectivity index (χ3n) is 10.4. The minimum Gasteiger partial charge on any atom is -0.462 e. The largest absolute Gasteiger partial charge is 0.472 e. The van der Waals surface area contributed by atoms with Crippen LogP contribution in [0.15, 0.2) is 0 Å². The molecule has 9 heteroatoms. The molecule has 0 bridgehead atoms. The number of phosphoric acid groups is 1. The van der Waals surface area contributed by atoms with E-state index >= 15 is 0 Å². The maximum Gasteiger partial charge on any atom is 0.472 e. The molecule has 0 aliphatic carbocycles. The molecular formula is C44H87O8P. The van der Waals surface area contributed by atoms with Crippen LogP contribution in [0, 0.1) is 0 Å². The summed E-state index contributed by atoms with van der Waals surface area (Å²) in [6, 6.07) is 0. The second-order valence-corrected chi connectivity index (χ2v) is 17.1. The van der Waals surface area contributed by atoms with Gasteiger partial charge in [-0.05, 0) is 12.8 Å². The van der Waals surface area contributed by atoms with Crippen LogP contribution in [0.3, 0.4) is 0 Å². The van der Waals surface area contributed by atoms with E-state index in [0.29, 0.717) is 6.42 Å². The Morgan fingerprint density at radius 1 is 0.453 bits per heavy atom. The summed E-state index contributed by atoms with van der Waals surface area (Å²) in [5.41, 5.74) is 0. The van der Waals surface area contributed by atoms with Gasteiger partial charge in [-0.25, -0.2) is 4.57 Å². The third-order valence-corrected chi connectivity index (χ3v) is 11.3. The van der Waals surface area contributed by atoms with E-state index in [1.807, 2.05) is 0 Å². The monoisotopic (exact) mass is 775 g/mol. The molecule has 0 rings (SSSR count). The van der Waals surface area contributed by atoms with Crippen molar-refractivity contribution in [1.82, 2.24) is 0 Å². The van der Waals surface area contributed by atoms with Gasteiger partial charge in [0.15, 0.2) is 6.10 Å². The summed E-state index contributed by atoms with van der Waals surface area (Å²) in [5, 5.41) is 0. The summed E-state index contributed by atoms with van der Waals surface area (Å²) in [5.74, 6) is -0.785. The Labute approximate surface area is 328 Å². The normalized spacial score (nSPS) is 13.2. The van der Waals surface area contributed by atoms with Crippen LogP contribution in [0.2, 0.25) is 0 Å². The zero-order valence-corrected chi connectivity index (χ0v) is 36.1. The van der Waals surface area contributed by atoms with Crippen molar-refractivity contribution >= 4 is 19.8 Å². The molecule has 1 N–H and O–H groups in total. The Kier molecular flexibility index (Phi) is 40.0. The molecule has 0 aliphatic rings. The van der Waals surface area contributed by atoms with Gasteiger partial charge < -0.3 is 14.4 Å². The molecule has 0 aromatic carbocycles. The Morgan fingerprint density at radius 2 is 0.736 bits per heavy atom. The average Bonchev–Trinajstić information content (AvgIpc) is 3.15. The first-order chi connectivity index (χ1) is 25.8. The highest BCUT2D eigenvalue weighted by Gasteiger charge is 2.24. The fraction of sp³-hybridized carbons (Fsp3) is 0.955. The van der Waals surface area contributed by atoms with Gasteiger partial charge >= 0.3 is 19.8 Å². The van der Waals surface area contributed by atoms with Gasteiger partial charge in [0.05, 0.1) is 6.61 Å². The molecule has 0 aromatic rings. The third kappa shape index (κ3) is 40.5. The van der Waals surface area contributed by atoms with Gasteiger partial charge in [-0.1, -0.05) is 219 Å². The molecular weight excluding hydrogens is 687 g/mol. The van der Waals surface area contributed by atoms with E-state index in [1.165, 1.54) is 180 Å². The van der Waals surface area contributed by atoms with Crippen LogP contribution in [-0.4, -0.2) is 43.3 Å². The van der Waals surface area contributed by atoms with E-state index in [9.17, 15) is 19.0 Å². The fourth-order valence-electron chi connectivity index (χ4n) is 6.84. The van der Waals surface area contributed by atoms with Crippen LogP contribution < -0.4 is 0 Å². The van der Waals surface area contributed by atoms with Crippen molar-refractivity contribution in [3.05, 3.63) is 0 Å². The molecule has 2 atom stereocenters. The number of phosphoric ester groups is 1. The summed E-state index contributed by atoms with van der Waals surface area (Å²) < 4.78 is 32.0. The maximum atomic E-state index is 12.5. The van der Waals surface area contributed by atoms with E-state index in [2.05, 4.69) is 18.4 Å². The molecule has 0 aliphatic heterocycles. The first-order valence-corrected chi connectivity index (χ1v) is 24.2. The number of ether oxygens (including phenoxy) is 2. The second-order valence-electron chi connectivity index (χ2n) is 15.6. The maximum absolute atomic E-state index is 12.5. The topological polar surface area (TPSA) is 108 Å². The molecule has 53 heavy (non-hydrogen) atoms. The Morgan fingerprint density at radius 3 is 1.04 bits per heavy atom. The van der Waals surface area contributed by atoms with Gasteiger partial charge in [-0.2, -0.15) is 0 Å². The van der Waals surface area contributed by atoms with E-state index in [4.69, 9.17) is 14.0 Å². The van der Waals surface area contributed by atoms with Crippen molar-refractivity contribution in [3.8, 4) is 0 Å². The molecule has 0 radical (unpaired) electrons. The van der Waals surface area contributed by atoms with Crippen molar-refractivity contribution in [2.45, 2.75) is 251 Å². The van der Waals surface area contributed by atoms with Crippen LogP contribution in [0.1, 0.15) is 245 Å². The van der Waals surface area contributed by atoms with Crippen molar-refractivity contribution in [2.24, 2.45) is 0 Å². The molecule has 316 valence electrons.